The van der Waals surface area contributed by atoms with Gasteiger partial charge in [-0.3, -0.25) is 13.9 Å². The lowest BCUT2D eigenvalue weighted by molar-refractivity contribution is -0.139. The fraction of sp³-hybridized carbons (Fsp3) is 0.231. The molecule has 0 heterocycles. The first kappa shape index (κ1) is 27.5. The van der Waals surface area contributed by atoms with Crippen molar-refractivity contribution in [1.82, 2.24) is 10.2 Å². The molecule has 10 heteroatoms. The number of anilines is 1. The van der Waals surface area contributed by atoms with Gasteiger partial charge in [-0.05, 0) is 23.3 Å². The quantitative estimate of drug-likeness (QED) is 0.413. The average Bonchev–Trinajstić information content (AvgIpc) is 2.86. The van der Waals surface area contributed by atoms with Crippen LogP contribution in [0.25, 0.3) is 0 Å². The monoisotopic (exact) mass is 547 g/mol. The van der Waals surface area contributed by atoms with Gasteiger partial charge >= 0.3 is 0 Å². The van der Waals surface area contributed by atoms with Crippen LogP contribution >= 0.6 is 23.2 Å². The van der Waals surface area contributed by atoms with Crippen LogP contribution in [0, 0.1) is 0 Å². The van der Waals surface area contributed by atoms with E-state index < -0.39 is 28.5 Å². The van der Waals surface area contributed by atoms with Crippen LogP contribution in [-0.4, -0.2) is 51.0 Å². The van der Waals surface area contributed by atoms with Gasteiger partial charge in [0.1, 0.15) is 12.6 Å². The van der Waals surface area contributed by atoms with Crippen molar-refractivity contribution >= 4 is 50.7 Å². The van der Waals surface area contributed by atoms with Crippen LogP contribution < -0.4 is 9.62 Å². The third-order valence-electron chi connectivity index (χ3n) is 5.59. The second-order valence-corrected chi connectivity index (χ2v) is 10.9. The van der Waals surface area contributed by atoms with E-state index in [1.54, 1.807) is 6.07 Å². The maximum absolute atomic E-state index is 13.8. The van der Waals surface area contributed by atoms with Crippen molar-refractivity contribution in [2.75, 3.05) is 24.2 Å². The Balaban J connectivity index is 2.03. The highest BCUT2D eigenvalue weighted by atomic mass is 35.5. The lowest BCUT2D eigenvalue weighted by atomic mass is 10.0. The molecule has 0 saturated carbocycles. The van der Waals surface area contributed by atoms with Gasteiger partial charge in [0, 0.05) is 20.0 Å². The molecule has 3 aromatic carbocycles. The highest BCUT2D eigenvalue weighted by molar-refractivity contribution is 7.92. The smallest absolute Gasteiger partial charge is 0.244 e. The molecule has 2 amide bonds. The van der Waals surface area contributed by atoms with Crippen LogP contribution in [0.1, 0.15) is 11.1 Å². The predicted molar refractivity (Wildman–Crippen MR) is 144 cm³/mol. The number of rotatable bonds is 10. The van der Waals surface area contributed by atoms with E-state index in [1.165, 1.54) is 24.1 Å². The first-order valence-electron chi connectivity index (χ1n) is 11.1. The van der Waals surface area contributed by atoms with Gasteiger partial charge in [0.2, 0.25) is 21.8 Å². The average molecular weight is 548 g/mol. The van der Waals surface area contributed by atoms with Gasteiger partial charge in [-0.1, -0.05) is 89.9 Å². The van der Waals surface area contributed by atoms with Crippen molar-refractivity contribution in [1.29, 1.82) is 0 Å². The highest BCUT2D eigenvalue weighted by Crippen LogP contribution is 2.33. The molecule has 0 saturated heterocycles. The van der Waals surface area contributed by atoms with E-state index in [0.29, 0.717) is 0 Å². The van der Waals surface area contributed by atoms with Crippen molar-refractivity contribution in [3.05, 3.63) is 100 Å². The fourth-order valence-corrected chi connectivity index (χ4v) is 5.08. The number of sulfonamides is 1. The van der Waals surface area contributed by atoms with Crippen LogP contribution in [0.5, 0.6) is 0 Å². The van der Waals surface area contributed by atoms with E-state index in [4.69, 9.17) is 23.2 Å². The topological polar surface area (TPSA) is 86.8 Å². The molecule has 3 aromatic rings. The first-order valence-corrected chi connectivity index (χ1v) is 13.7. The minimum atomic E-state index is -3.93. The van der Waals surface area contributed by atoms with Gasteiger partial charge in [-0.2, -0.15) is 0 Å². The number of carbonyl (C=O) groups excluding carboxylic acids is 2. The van der Waals surface area contributed by atoms with Gasteiger partial charge in [0.05, 0.1) is 22.0 Å². The van der Waals surface area contributed by atoms with Gasteiger partial charge in [-0.15, -0.1) is 0 Å². The van der Waals surface area contributed by atoms with Crippen molar-refractivity contribution in [2.24, 2.45) is 0 Å². The van der Waals surface area contributed by atoms with E-state index in [-0.39, 0.29) is 34.6 Å². The number of nitrogens with one attached hydrogen (secondary N) is 1. The third-order valence-corrected chi connectivity index (χ3v) is 7.53. The number of hydrogen-bond acceptors (Lipinski definition) is 4. The van der Waals surface area contributed by atoms with Gasteiger partial charge in [-0.25, -0.2) is 8.42 Å². The Hall–Kier alpha value is -3.07. The molecular weight excluding hydrogens is 521 g/mol. The van der Waals surface area contributed by atoms with E-state index >= 15 is 0 Å². The number of nitrogens with zero attached hydrogens (tertiary/aromatic N) is 2. The standard InChI is InChI=1S/C26H27Cl2N3O4S/c1-29-26(33)23(16-19-10-5-3-6-11-19)30(17-20-12-7-4-8-13-20)24(32)18-31(36(2,34)35)22-15-9-14-21(27)25(22)28/h3-15,23H,16-18H2,1-2H3,(H,29,33)/t23-/m1/s1. The second kappa shape index (κ2) is 12.3. The molecule has 0 fully saturated rings. The molecule has 1 atom stereocenters. The minimum Gasteiger partial charge on any atom is -0.357 e. The number of carbonyl (C=O) groups is 2. The van der Waals surface area contributed by atoms with E-state index in [9.17, 15) is 18.0 Å². The molecule has 0 unspecified atom stereocenters. The van der Waals surface area contributed by atoms with Gasteiger partial charge < -0.3 is 10.2 Å². The molecule has 0 spiro atoms. The number of halogens is 2. The maximum Gasteiger partial charge on any atom is 0.244 e. The summed E-state index contributed by atoms with van der Waals surface area (Å²) in [4.78, 5) is 28.2. The Labute approximate surface area is 221 Å². The molecule has 36 heavy (non-hydrogen) atoms. The summed E-state index contributed by atoms with van der Waals surface area (Å²) in [6.45, 7) is -0.459. The number of likely N-dealkylation sites (N-methyl/N-ethyl adjacent to an activating group) is 1. The van der Waals surface area contributed by atoms with E-state index in [1.807, 2.05) is 60.7 Å². The molecule has 0 aliphatic carbocycles. The molecule has 0 aliphatic heterocycles. The van der Waals surface area contributed by atoms with Crippen LogP contribution in [0.15, 0.2) is 78.9 Å². The molecule has 0 aliphatic rings. The summed E-state index contributed by atoms with van der Waals surface area (Å²) >= 11 is 12.4. The molecule has 3 rings (SSSR count). The van der Waals surface area contributed by atoms with Gasteiger partial charge in [0.15, 0.2) is 0 Å². The first-order chi connectivity index (χ1) is 17.1. The van der Waals surface area contributed by atoms with E-state index in [0.717, 1.165) is 21.7 Å². The lowest BCUT2D eigenvalue weighted by Gasteiger charge is -2.33. The Bertz CT molecular complexity index is 1310. The Morgan fingerprint density at radius 1 is 0.889 bits per heavy atom. The SMILES string of the molecule is CNC(=O)[C@@H](Cc1ccccc1)N(Cc1ccccc1)C(=O)CN(c1cccc(Cl)c1Cl)S(C)(=O)=O. The third kappa shape index (κ3) is 7.00. The molecule has 1 N–H and O–H groups in total. The van der Waals surface area contributed by atoms with Crippen LogP contribution in [0.3, 0.4) is 0 Å². The predicted octanol–water partition coefficient (Wildman–Crippen LogP) is 4.15. The zero-order valence-electron chi connectivity index (χ0n) is 19.9. The van der Waals surface area contributed by atoms with Gasteiger partial charge in [0.25, 0.3) is 0 Å². The summed E-state index contributed by atoms with van der Waals surface area (Å²) in [6, 6.07) is 22.2. The highest BCUT2D eigenvalue weighted by Gasteiger charge is 2.33. The number of amides is 2. The van der Waals surface area contributed by atoms with Crippen molar-refractivity contribution in [3.8, 4) is 0 Å². The van der Waals surface area contributed by atoms with E-state index in [2.05, 4.69) is 5.32 Å². The molecule has 0 bridgehead atoms. The zero-order valence-corrected chi connectivity index (χ0v) is 22.2. The largest absolute Gasteiger partial charge is 0.357 e. The maximum atomic E-state index is 13.8. The van der Waals surface area contributed by atoms with Crippen molar-refractivity contribution in [3.63, 3.8) is 0 Å². The molecule has 190 valence electrons. The Morgan fingerprint density at radius 2 is 1.47 bits per heavy atom. The van der Waals surface area contributed by atoms with Crippen LogP contribution in [0.4, 0.5) is 5.69 Å². The second-order valence-electron chi connectivity index (χ2n) is 8.17. The lowest BCUT2D eigenvalue weighted by Crippen LogP contribution is -2.52. The summed E-state index contributed by atoms with van der Waals surface area (Å²) in [6.07, 6.45) is 1.23. The fourth-order valence-electron chi connectivity index (χ4n) is 3.78. The summed E-state index contributed by atoms with van der Waals surface area (Å²) in [5.74, 6) is -0.931. The summed E-state index contributed by atoms with van der Waals surface area (Å²) in [5, 5.41) is 2.80. The zero-order chi connectivity index (χ0) is 26.3. The summed E-state index contributed by atoms with van der Waals surface area (Å²) < 4.78 is 26.4. The molecular formula is C26H27Cl2N3O4S. The van der Waals surface area contributed by atoms with Crippen molar-refractivity contribution in [2.45, 2.75) is 19.0 Å². The Morgan fingerprint density at radius 3 is 2.03 bits per heavy atom. The molecule has 0 aromatic heterocycles. The molecule has 0 radical (unpaired) electrons. The summed E-state index contributed by atoms with van der Waals surface area (Å²) in [7, 11) is -2.43. The normalized spacial score (nSPS) is 12.0. The number of hydrogen-bond donors (Lipinski definition) is 1. The van der Waals surface area contributed by atoms with Crippen LogP contribution in [0.2, 0.25) is 10.0 Å². The molecule has 7 nitrogen and oxygen atoms in total. The van der Waals surface area contributed by atoms with Crippen LogP contribution in [-0.2, 0) is 32.6 Å². The summed E-state index contributed by atoms with van der Waals surface area (Å²) in [5.41, 5.74) is 1.73. The Kier molecular flexibility index (Phi) is 9.37. The minimum absolute atomic E-state index is 0.0131. The number of benzene rings is 3. The van der Waals surface area contributed by atoms with Crippen molar-refractivity contribution < 1.29 is 18.0 Å².